The molecule has 0 aliphatic rings. The molecule has 0 radical (unpaired) electrons. The maximum Gasteiger partial charge on any atom is 0.136 e. The molecule has 0 spiro atoms. The Kier molecular flexibility index (Phi) is 5.45. The number of fused-ring (bicyclic) bond motifs is 10. The minimum Gasteiger partial charge on any atom is -0.456 e. The molecule has 0 aliphatic heterocycles. The van der Waals surface area contributed by atoms with E-state index in [0.717, 1.165) is 21.9 Å². The van der Waals surface area contributed by atoms with Crippen molar-refractivity contribution in [1.29, 1.82) is 0 Å². The predicted octanol–water partition coefficient (Wildman–Crippen LogP) is 13.8. The Balaban J connectivity index is 1.21. The minimum absolute atomic E-state index is 0.912. The number of hydrogen-bond donors (Lipinski definition) is 0. The van der Waals surface area contributed by atoms with E-state index < -0.39 is 0 Å². The second kappa shape index (κ2) is 10.0. The normalized spacial score (nSPS) is 12.1. The SMILES string of the molecule is c1ccc2cc3c(ccc4c(-c5c6ccccc6c(-c6ccc7oc8cc9ccccc9cc8c7c6)c6ccccc56)cccc43)cc2c1. The van der Waals surface area contributed by atoms with Crippen molar-refractivity contribution < 1.29 is 4.42 Å². The number of benzene rings is 10. The lowest BCUT2D eigenvalue weighted by atomic mass is 9.84. The maximum atomic E-state index is 6.40. The first-order valence-electron chi connectivity index (χ1n) is 16.9. The zero-order valence-electron chi connectivity index (χ0n) is 26.6. The van der Waals surface area contributed by atoms with Gasteiger partial charge < -0.3 is 4.42 Å². The van der Waals surface area contributed by atoms with Gasteiger partial charge in [-0.1, -0.05) is 133 Å². The van der Waals surface area contributed by atoms with Crippen LogP contribution in [0.3, 0.4) is 0 Å². The van der Waals surface area contributed by atoms with Crippen LogP contribution >= 0.6 is 0 Å². The summed E-state index contributed by atoms with van der Waals surface area (Å²) < 4.78 is 6.40. The molecule has 0 atom stereocenters. The van der Waals surface area contributed by atoms with Crippen LogP contribution in [0.5, 0.6) is 0 Å². The molecule has 11 rings (SSSR count). The molecule has 0 bridgehead atoms. The Hall–Kier alpha value is -6.44. The fourth-order valence-corrected chi connectivity index (χ4v) is 8.35. The van der Waals surface area contributed by atoms with Crippen molar-refractivity contribution >= 4 is 86.6 Å². The highest BCUT2D eigenvalue weighted by molar-refractivity contribution is 6.26. The van der Waals surface area contributed by atoms with Gasteiger partial charge in [-0.15, -0.1) is 0 Å². The molecule has 11 aromatic rings. The monoisotopic (exact) mass is 620 g/mol. The lowest BCUT2D eigenvalue weighted by Crippen LogP contribution is -1.92. The molecule has 1 nitrogen and oxygen atoms in total. The van der Waals surface area contributed by atoms with Gasteiger partial charge in [0.05, 0.1) is 0 Å². The highest BCUT2D eigenvalue weighted by Gasteiger charge is 2.19. The van der Waals surface area contributed by atoms with Crippen molar-refractivity contribution in [2.24, 2.45) is 0 Å². The Labute approximate surface area is 282 Å². The van der Waals surface area contributed by atoms with Gasteiger partial charge in [0.1, 0.15) is 11.2 Å². The van der Waals surface area contributed by atoms with Crippen LogP contribution in [0, 0.1) is 0 Å². The Morgan fingerprint density at radius 2 is 0.816 bits per heavy atom. The lowest BCUT2D eigenvalue weighted by Gasteiger charge is -2.19. The van der Waals surface area contributed by atoms with E-state index in [2.05, 4.69) is 170 Å². The topological polar surface area (TPSA) is 13.1 Å². The van der Waals surface area contributed by atoms with Crippen LogP contribution in [-0.2, 0) is 0 Å². The van der Waals surface area contributed by atoms with Gasteiger partial charge in [0.2, 0.25) is 0 Å². The second-order valence-electron chi connectivity index (χ2n) is 13.2. The van der Waals surface area contributed by atoms with E-state index in [1.165, 1.54) is 86.9 Å². The van der Waals surface area contributed by atoms with E-state index >= 15 is 0 Å². The van der Waals surface area contributed by atoms with Crippen molar-refractivity contribution in [3.63, 3.8) is 0 Å². The van der Waals surface area contributed by atoms with Crippen LogP contribution in [0.15, 0.2) is 174 Å². The van der Waals surface area contributed by atoms with Gasteiger partial charge in [0.15, 0.2) is 0 Å². The lowest BCUT2D eigenvalue weighted by molar-refractivity contribution is 0.669. The smallest absolute Gasteiger partial charge is 0.136 e. The van der Waals surface area contributed by atoms with E-state index in [4.69, 9.17) is 4.42 Å². The molecule has 1 heterocycles. The molecular weight excluding hydrogens is 593 g/mol. The van der Waals surface area contributed by atoms with Crippen molar-refractivity contribution in [3.8, 4) is 22.3 Å². The Morgan fingerprint density at radius 3 is 1.51 bits per heavy atom. The second-order valence-corrected chi connectivity index (χ2v) is 13.2. The first-order chi connectivity index (χ1) is 24.3. The van der Waals surface area contributed by atoms with Gasteiger partial charge in [-0.25, -0.2) is 0 Å². The summed E-state index contributed by atoms with van der Waals surface area (Å²) >= 11 is 0. The van der Waals surface area contributed by atoms with Crippen LogP contribution in [0.2, 0.25) is 0 Å². The number of hydrogen-bond acceptors (Lipinski definition) is 1. The number of rotatable bonds is 2. The maximum absolute atomic E-state index is 6.40. The van der Waals surface area contributed by atoms with Crippen LogP contribution in [-0.4, -0.2) is 0 Å². The summed E-state index contributed by atoms with van der Waals surface area (Å²) in [5.41, 5.74) is 6.82. The molecule has 0 amide bonds. The third-order valence-corrected chi connectivity index (χ3v) is 10.6. The number of furan rings is 1. The molecule has 226 valence electrons. The van der Waals surface area contributed by atoms with Crippen molar-refractivity contribution in [1.82, 2.24) is 0 Å². The van der Waals surface area contributed by atoms with Crippen LogP contribution < -0.4 is 0 Å². The fraction of sp³-hybridized carbons (Fsp3) is 0. The van der Waals surface area contributed by atoms with E-state index in [-0.39, 0.29) is 0 Å². The van der Waals surface area contributed by atoms with E-state index in [1.54, 1.807) is 0 Å². The van der Waals surface area contributed by atoms with E-state index in [0.29, 0.717) is 0 Å². The fourth-order valence-electron chi connectivity index (χ4n) is 8.35. The summed E-state index contributed by atoms with van der Waals surface area (Å²) in [7, 11) is 0. The van der Waals surface area contributed by atoms with Crippen molar-refractivity contribution in [3.05, 3.63) is 170 Å². The van der Waals surface area contributed by atoms with Gasteiger partial charge in [-0.2, -0.15) is 0 Å². The predicted molar refractivity (Wildman–Crippen MR) is 210 cm³/mol. The van der Waals surface area contributed by atoms with Crippen molar-refractivity contribution in [2.75, 3.05) is 0 Å². The average molecular weight is 621 g/mol. The van der Waals surface area contributed by atoms with E-state index in [1.807, 2.05) is 0 Å². The molecule has 49 heavy (non-hydrogen) atoms. The van der Waals surface area contributed by atoms with Gasteiger partial charge in [-0.05, 0) is 123 Å². The van der Waals surface area contributed by atoms with Crippen molar-refractivity contribution in [2.45, 2.75) is 0 Å². The van der Waals surface area contributed by atoms with Gasteiger partial charge in [0.25, 0.3) is 0 Å². The summed E-state index contributed by atoms with van der Waals surface area (Å²) in [6.07, 6.45) is 0. The molecular formula is C48H28O. The quantitative estimate of drug-likeness (QED) is 0.138. The third-order valence-electron chi connectivity index (χ3n) is 10.6. The summed E-state index contributed by atoms with van der Waals surface area (Å²) in [4.78, 5) is 0. The molecule has 0 saturated heterocycles. The molecule has 1 aromatic heterocycles. The highest BCUT2D eigenvalue weighted by Crippen LogP contribution is 2.47. The molecule has 0 saturated carbocycles. The molecule has 0 fully saturated rings. The Bertz CT molecular complexity index is 3100. The molecule has 0 unspecified atom stereocenters. The first kappa shape index (κ1) is 26.6. The summed E-state index contributed by atoms with van der Waals surface area (Å²) in [5, 5.41) is 17.4. The zero-order chi connectivity index (χ0) is 32.1. The van der Waals surface area contributed by atoms with Gasteiger partial charge >= 0.3 is 0 Å². The van der Waals surface area contributed by atoms with Crippen LogP contribution in [0.1, 0.15) is 0 Å². The molecule has 0 aliphatic carbocycles. The summed E-state index contributed by atoms with van der Waals surface area (Å²) in [5.74, 6) is 0. The molecule has 1 heteroatoms. The largest absolute Gasteiger partial charge is 0.456 e. The molecule has 0 N–H and O–H groups in total. The zero-order valence-corrected chi connectivity index (χ0v) is 26.6. The summed E-state index contributed by atoms with van der Waals surface area (Å²) in [6.45, 7) is 0. The van der Waals surface area contributed by atoms with Crippen LogP contribution in [0.4, 0.5) is 0 Å². The van der Waals surface area contributed by atoms with Crippen LogP contribution in [0.25, 0.3) is 109 Å². The van der Waals surface area contributed by atoms with Gasteiger partial charge in [-0.3, -0.25) is 0 Å². The minimum atomic E-state index is 0.912. The summed E-state index contributed by atoms with van der Waals surface area (Å²) in [6, 6.07) is 62.3. The third kappa shape index (κ3) is 3.87. The molecule has 10 aromatic carbocycles. The Morgan fingerprint density at radius 1 is 0.265 bits per heavy atom. The highest BCUT2D eigenvalue weighted by atomic mass is 16.3. The van der Waals surface area contributed by atoms with Gasteiger partial charge in [0, 0.05) is 10.8 Å². The first-order valence-corrected chi connectivity index (χ1v) is 16.9. The standard InChI is InChI=1S/C48H28O/c1-2-11-30-25-42-33(24-29(30)10-1)20-22-36-35(42)18-9-19-37(36)48-40-16-7-5-14-38(40)47(39-15-6-8-17-41(39)48)34-21-23-45-43(27-34)44-26-31-12-3-4-13-32(31)28-46(44)49-45/h1-28H. The van der Waals surface area contributed by atoms with E-state index in [9.17, 15) is 0 Å². The average Bonchev–Trinajstić information content (AvgIpc) is 3.51.